The number of nitrogens with one attached hydrogen (secondary N) is 1. The van der Waals surface area contributed by atoms with Crippen LogP contribution in [0, 0.1) is 6.92 Å². The van der Waals surface area contributed by atoms with Crippen LogP contribution in [0.1, 0.15) is 12.6 Å². The molecule has 0 unspecified atom stereocenters. The third kappa shape index (κ3) is 2.08. The van der Waals surface area contributed by atoms with Gasteiger partial charge >= 0.3 is 0 Å². The Kier molecular flexibility index (Phi) is 2.85. The molecule has 66 valence electrons. The Morgan fingerprint density at radius 1 is 1.50 bits per heavy atom. The van der Waals surface area contributed by atoms with E-state index < -0.39 is 0 Å². The lowest BCUT2D eigenvalue weighted by Crippen LogP contribution is -2.01. The van der Waals surface area contributed by atoms with Crippen molar-refractivity contribution in [3.05, 3.63) is 11.8 Å². The Morgan fingerprint density at radius 2 is 2.25 bits per heavy atom. The summed E-state index contributed by atoms with van der Waals surface area (Å²) in [6.07, 6.45) is 0. The summed E-state index contributed by atoms with van der Waals surface area (Å²) in [6, 6.07) is 1.81. The van der Waals surface area contributed by atoms with E-state index in [-0.39, 0.29) is 0 Å². The molecule has 0 aromatic carbocycles. The van der Waals surface area contributed by atoms with Crippen LogP contribution in [0.25, 0.3) is 0 Å². The first kappa shape index (κ1) is 8.77. The zero-order valence-corrected chi connectivity index (χ0v) is 7.59. The van der Waals surface area contributed by atoms with Gasteiger partial charge in [-0.1, -0.05) is 0 Å². The molecule has 1 rings (SSSR count). The van der Waals surface area contributed by atoms with Gasteiger partial charge in [-0.25, -0.2) is 4.98 Å². The quantitative estimate of drug-likeness (QED) is 0.735. The number of aromatic nitrogens is 2. The SMILES string of the molecule is CCOc1cc(C)nc(NC)n1. The molecule has 0 aliphatic carbocycles. The Labute approximate surface area is 72.0 Å². The molecule has 4 nitrogen and oxygen atoms in total. The Bertz CT molecular complexity index is 262. The maximum atomic E-state index is 5.24. The summed E-state index contributed by atoms with van der Waals surface area (Å²) < 4.78 is 5.24. The number of ether oxygens (including phenoxy) is 1. The second kappa shape index (κ2) is 3.90. The first-order chi connectivity index (χ1) is 5.76. The van der Waals surface area contributed by atoms with Gasteiger partial charge in [-0.05, 0) is 13.8 Å². The molecule has 0 aliphatic heterocycles. The molecule has 0 amide bonds. The van der Waals surface area contributed by atoms with Crippen molar-refractivity contribution in [2.24, 2.45) is 0 Å². The van der Waals surface area contributed by atoms with Crippen LogP contribution in [0.5, 0.6) is 5.88 Å². The van der Waals surface area contributed by atoms with Crippen molar-refractivity contribution in [1.82, 2.24) is 9.97 Å². The van der Waals surface area contributed by atoms with Gasteiger partial charge in [0.25, 0.3) is 0 Å². The molecular weight excluding hydrogens is 154 g/mol. The molecule has 12 heavy (non-hydrogen) atoms. The first-order valence-corrected chi connectivity index (χ1v) is 3.92. The molecule has 1 aromatic rings. The minimum Gasteiger partial charge on any atom is -0.478 e. The lowest BCUT2D eigenvalue weighted by atomic mass is 10.4. The molecule has 0 aliphatic rings. The summed E-state index contributed by atoms with van der Waals surface area (Å²) in [5.74, 6) is 1.22. The van der Waals surface area contributed by atoms with E-state index in [9.17, 15) is 0 Å². The molecule has 0 saturated heterocycles. The van der Waals surface area contributed by atoms with Crippen molar-refractivity contribution >= 4 is 5.95 Å². The molecule has 0 spiro atoms. The van der Waals surface area contributed by atoms with Gasteiger partial charge in [0.15, 0.2) is 0 Å². The van der Waals surface area contributed by atoms with Gasteiger partial charge in [0.2, 0.25) is 11.8 Å². The zero-order valence-electron chi connectivity index (χ0n) is 7.59. The van der Waals surface area contributed by atoms with Gasteiger partial charge in [0, 0.05) is 18.8 Å². The second-order valence-corrected chi connectivity index (χ2v) is 2.35. The molecule has 0 atom stereocenters. The Balaban J connectivity index is 2.90. The van der Waals surface area contributed by atoms with Crippen molar-refractivity contribution in [1.29, 1.82) is 0 Å². The van der Waals surface area contributed by atoms with E-state index in [1.807, 2.05) is 19.9 Å². The number of rotatable bonds is 3. The van der Waals surface area contributed by atoms with Crippen LogP contribution in [-0.4, -0.2) is 23.6 Å². The third-order valence-electron chi connectivity index (χ3n) is 1.35. The van der Waals surface area contributed by atoms with Crippen LogP contribution in [0.4, 0.5) is 5.95 Å². The average Bonchev–Trinajstić information content (AvgIpc) is 2.04. The molecule has 1 heterocycles. The third-order valence-corrected chi connectivity index (χ3v) is 1.35. The van der Waals surface area contributed by atoms with E-state index >= 15 is 0 Å². The van der Waals surface area contributed by atoms with E-state index in [2.05, 4.69) is 15.3 Å². The fourth-order valence-corrected chi connectivity index (χ4v) is 0.873. The topological polar surface area (TPSA) is 47.0 Å². The van der Waals surface area contributed by atoms with Gasteiger partial charge in [-0.3, -0.25) is 0 Å². The summed E-state index contributed by atoms with van der Waals surface area (Å²) in [4.78, 5) is 8.23. The van der Waals surface area contributed by atoms with Gasteiger partial charge in [-0.2, -0.15) is 4.98 Å². The molecule has 0 saturated carbocycles. The molecule has 1 aromatic heterocycles. The normalized spacial score (nSPS) is 9.58. The maximum absolute atomic E-state index is 5.24. The first-order valence-electron chi connectivity index (χ1n) is 3.92. The number of nitrogens with zero attached hydrogens (tertiary/aromatic N) is 2. The van der Waals surface area contributed by atoms with Crippen LogP contribution in [0.2, 0.25) is 0 Å². The Morgan fingerprint density at radius 3 is 2.83 bits per heavy atom. The zero-order chi connectivity index (χ0) is 8.97. The van der Waals surface area contributed by atoms with Gasteiger partial charge in [-0.15, -0.1) is 0 Å². The predicted octanol–water partition coefficient (Wildman–Crippen LogP) is 1.23. The van der Waals surface area contributed by atoms with Crippen LogP contribution in [0.15, 0.2) is 6.07 Å². The summed E-state index contributed by atoms with van der Waals surface area (Å²) >= 11 is 0. The lowest BCUT2D eigenvalue weighted by molar-refractivity contribution is 0.326. The molecule has 4 heteroatoms. The number of aryl methyl sites for hydroxylation is 1. The lowest BCUT2D eigenvalue weighted by Gasteiger charge is -2.04. The fraction of sp³-hybridized carbons (Fsp3) is 0.500. The molecule has 1 N–H and O–H groups in total. The van der Waals surface area contributed by atoms with Crippen LogP contribution in [0.3, 0.4) is 0 Å². The standard InChI is InChI=1S/C8H13N3O/c1-4-12-7-5-6(2)10-8(9-3)11-7/h5H,4H2,1-3H3,(H,9,10,11). The molecule has 0 radical (unpaired) electrons. The largest absolute Gasteiger partial charge is 0.478 e. The minimum atomic E-state index is 0.596. The highest BCUT2D eigenvalue weighted by Gasteiger charge is 1.99. The van der Waals surface area contributed by atoms with E-state index in [1.165, 1.54) is 0 Å². The van der Waals surface area contributed by atoms with Crippen molar-refractivity contribution in [2.45, 2.75) is 13.8 Å². The van der Waals surface area contributed by atoms with Crippen LogP contribution >= 0.6 is 0 Å². The van der Waals surface area contributed by atoms with Crippen LogP contribution < -0.4 is 10.1 Å². The van der Waals surface area contributed by atoms with Crippen LogP contribution in [-0.2, 0) is 0 Å². The van der Waals surface area contributed by atoms with Gasteiger partial charge in [0.1, 0.15) is 0 Å². The second-order valence-electron chi connectivity index (χ2n) is 2.35. The minimum absolute atomic E-state index is 0.596. The average molecular weight is 167 g/mol. The van der Waals surface area contributed by atoms with Crippen molar-refractivity contribution < 1.29 is 4.74 Å². The molecular formula is C8H13N3O. The summed E-state index contributed by atoms with van der Waals surface area (Å²) in [5, 5.41) is 2.86. The maximum Gasteiger partial charge on any atom is 0.225 e. The van der Waals surface area contributed by atoms with E-state index in [4.69, 9.17) is 4.74 Å². The summed E-state index contributed by atoms with van der Waals surface area (Å²) in [6.45, 7) is 4.46. The summed E-state index contributed by atoms with van der Waals surface area (Å²) in [7, 11) is 1.78. The smallest absolute Gasteiger partial charge is 0.225 e. The highest BCUT2D eigenvalue weighted by Crippen LogP contribution is 2.10. The fourth-order valence-electron chi connectivity index (χ4n) is 0.873. The van der Waals surface area contributed by atoms with Crippen molar-refractivity contribution in [3.8, 4) is 5.88 Å². The van der Waals surface area contributed by atoms with Gasteiger partial charge < -0.3 is 10.1 Å². The highest BCUT2D eigenvalue weighted by atomic mass is 16.5. The summed E-state index contributed by atoms with van der Waals surface area (Å²) in [5.41, 5.74) is 0.901. The van der Waals surface area contributed by atoms with Gasteiger partial charge in [0.05, 0.1) is 6.61 Å². The number of anilines is 1. The molecule has 0 bridgehead atoms. The van der Waals surface area contributed by atoms with E-state index in [0.717, 1.165) is 5.69 Å². The van der Waals surface area contributed by atoms with E-state index in [0.29, 0.717) is 18.4 Å². The number of hydrogen-bond acceptors (Lipinski definition) is 4. The van der Waals surface area contributed by atoms with Crippen molar-refractivity contribution in [2.75, 3.05) is 19.0 Å². The highest BCUT2D eigenvalue weighted by molar-refractivity contribution is 5.29. The monoisotopic (exact) mass is 167 g/mol. The van der Waals surface area contributed by atoms with E-state index in [1.54, 1.807) is 7.05 Å². The number of hydrogen-bond donors (Lipinski definition) is 1. The molecule has 0 fully saturated rings. The predicted molar refractivity (Wildman–Crippen MR) is 47.5 cm³/mol. The van der Waals surface area contributed by atoms with Crippen molar-refractivity contribution in [3.63, 3.8) is 0 Å². The Hall–Kier alpha value is -1.32.